The molecule has 0 radical (unpaired) electrons. The van der Waals surface area contributed by atoms with Crippen LogP contribution in [0.25, 0.3) is 0 Å². The minimum absolute atomic E-state index is 0.867. The fraction of sp³-hybridized carbons (Fsp3) is 0.571. The molecule has 0 atom stereocenters. The fourth-order valence-corrected chi connectivity index (χ4v) is 2.21. The number of nitrogens with one attached hydrogen (secondary N) is 2. The summed E-state index contributed by atoms with van der Waals surface area (Å²) in [7, 11) is 0. The third kappa shape index (κ3) is 3.62. The van der Waals surface area contributed by atoms with E-state index in [-0.39, 0.29) is 0 Å². The van der Waals surface area contributed by atoms with Gasteiger partial charge in [0.15, 0.2) is 0 Å². The molecule has 2 N–H and O–H groups in total. The lowest BCUT2D eigenvalue weighted by atomic mass is 9.98. The van der Waals surface area contributed by atoms with Gasteiger partial charge in [-0.25, -0.2) is 0 Å². The Kier molecular flexibility index (Phi) is 4.37. The van der Waals surface area contributed by atoms with Gasteiger partial charge in [0.1, 0.15) is 0 Å². The SMILES string of the molecule is Cc1ccc(CNCC2CCNCC2)cc1. The molecule has 0 aliphatic carbocycles. The van der Waals surface area contributed by atoms with Crippen LogP contribution in [0, 0.1) is 12.8 Å². The number of rotatable bonds is 4. The highest BCUT2D eigenvalue weighted by atomic mass is 14.9. The van der Waals surface area contributed by atoms with Crippen molar-refractivity contribution >= 4 is 0 Å². The summed E-state index contributed by atoms with van der Waals surface area (Å²) >= 11 is 0. The Labute approximate surface area is 98.4 Å². The Morgan fingerprint density at radius 3 is 2.56 bits per heavy atom. The highest BCUT2D eigenvalue weighted by Crippen LogP contribution is 2.10. The molecule has 16 heavy (non-hydrogen) atoms. The number of aryl methyl sites for hydroxylation is 1. The normalized spacial score (nSPS) is 17.6. The molecule has 1 heterocycles. The lowest BCUT2D eigenvalue weighted by Gasteiger charge is -2.22. The van der Waals surface area contributed by atoms with Crippen molar-refractivity contribution in [2.24, 2.45) is 5.92 Å². The van der Waals surface area contributed by atoms with Crippen LogP contribution in [-0.4, -0.2) is 19.6 Å². The van der Waals surface area contributed by atoms with Crippen molar-refractivity contribution in [1.29, 1.82) is 0 Å². The summed E-state index contributed by atoms with van der Waals surface area (Å²) in [4.78, 5) is 0. The van der Waals surface area contributed by atoms with Crippen LogP contribution in [0.2, 0.25) is 0 Å². The van der Waals surface area contributed by atoms with E-state index in [1.807, 2.05) is 0 Å². The van der Waals surface area contributed by atoms with Gasteiger partial charge in [0.25, 0.3) is 0 Å². The predicted molar refractivity (Wildman–Crippen MR) is 68.5 cm³/mol. The van der Waals surface area contributed by atoms with E-state index in [4.69, 9.17) is 0 Å². The summed E-state index contributed by atoms with van der Waals surface area (Å²) in [5.74, 6) is 0.867. The number of benzene rings is 1. The second-order valence-electron chi connectivity index (χ2n) is 4.81. The van der Waals surface area contributed by atoms with E-state index in [0.717, 1.165) is 19.0 Å². The van der Waals surface area contributed by atoms with Crippen molar-refractivity contribution < 1.29 is 0 Å². The highest BCUT2D eigenvalue weighted by Gasteiger charge is 2.11. The van der Waals surface area contributed by atoms with Crippen LogP contribution in [0.5, 0.6) is 0 Å². The van der Waals surface area contributed by atoms with E-state index in [1.54, 1.807) is 0 Å². The molecule has 88 valence electrons. The molecule has 1 saturated heterocycles. The molecule has 0 bridgehead atoms. The Morgan fingerprint density at radius 1 is 1.19 bits per heavy atom. The van der Waals surface area contributed by atoms with Crippen LogP contribution in [0.4, 0.5) is 0 Å². The molecule has 0 spiro atoms. The summed E-state index contributed by atoms with van der Waals surface area (Å²) < 4.78 is 0. The third-order valence-electron chi connectivity index (χ3n) is 3.34. The topological polar surface area (TPSA) is 24.1 Å². The maximum Gasteiger partial charge on any atom is 0.0205 e. The lowest BCUT2D eigenvalue weighted by molar-refractivity contribution is 0.356. The monoisotopic (exact) mass is 218 g/mol. The zero-order valence-electron chi connectivity index (χ0n) is 10.1. The van der Waals surface area contributed by atoms with E-state index in [2.05, 4.69) is 41.8 Å². The van der Waals surface area contributed by atoms with Crippen molar-refractivity contribution in [2.45, 2.75) is 26.3 Å². The van der Waals surface area contributed by atoms with Gasteiger partial charge in [-0.1, -0.05) is 29.8 Å². The Hall–Kier alpha value is -0.860. The van der Waals surface area contributed by atoms with Gasteiger partial charge < -0.3 is 10.6 Å². The van der Waals surface area contributed by atoms with Crippen molar-refractivity contribution in [3.05, 3.63) is 35.4 Å². The molecular formula is C14H22N2. The van der Waals surface area contributed by atoms with E-state index < -0.39 is 0 Å². The smallest absolute Gasteiger partial charge is 0.0205 e. The molecule has 0 aromatic heterocycles. The first-order chi connectivity index (χ1) is 7.84. The summed E-state index contributed by atoms with van der Waals surface area (Å²) in [6.45, 7) is 6.68. The molecule has 2 heteroatoms. The quantitative estimate of drug-likeness (QED) is 0.808. The van der Waals surface area contributed by atoms with Crippen molar-refractivity contribution in [3.8, 4) is 0 Å². The number of hydrogen-bond acceptors (Lipinski definition) is 2. The van der Waals surface area contributed by atoms with Crippen molar-refractivity contribution in [2.75, 3.05) is 19.6 Å². The minimum Gasteiger partial charge on any atom is -0.317 e. The van der Waals surface area contributed by atoms with Crippen LogP contribution in [0.15, 0.2) is 24.3 Å². The lowest BCUT2D eigenvalue weighted by Crippen LogP contribution is -2.33. The second kappa shape index (κ2) is 6.02. The first-order valence-electron chi connectivity index (χ1n) is 6.31. The van der Waals surface area contributed by atoms with Gasteiger partial charge in [-0.3, -0.25) is 0 Å². The van der Waals surface area contributed by atoms with Crippen LogP contribution in [0.3, 0.4) is 0 Å². The molecule has 1 aliphatic rings. The Bertz CT molecular complexity index is 299. The molecule has 2 rings (SSSR count). The minimum atomic E-state index is 0.867. The third-order valence-corrected chi connectivity index (χ3v) is 3.34. The fourth-order valence-electron chi connectivity index (χ4n) is 2.21. The molecular weight excluding hydrogens is 196 g/mol. The van der Waals surface area contributed by atoms with Gasteiger partial charge in [-0.2, -0.15) is 0 Å². The summed E-state index contributed by atoms with van der Waals surface area (Å²) in [6.07, 6.45) is 2.64. The van der Waals surface area contributed by atoms with Crippen molar-refractivity contribution in [1.82, 2.24) is 10.6 Å². The molecule has 0 saturated carbocycles. The van der Waals surface area contributed by atoms with E-state index >= 15 is 0 Å². The van der Waals surface area contributed by atoms with Gasteiger partial charge in [0.05, 0.1) is 0 Å². The molecule has 1 aromatic rings. The van der Waals surface area contributed by atoms with E-state index in [9.17, 15) is 0 Å². The average molecular weight is 218 g/mol. The molecule has 0 unspecified atom stereocenters. The van der Waals surface area contributed by atoms with Crippen LogP contribution >= 0.6 is 0 Å². The van der Waals surface area contributed by atoms with Gasteiger partial charge in [-0.05, 0) is 50.9 Å². The van der Waals surface area contributed by atoms with Crippen molar-refractivity contribution in [3.63, 3.8) is 0 Å². The Morgan fingerprint density at radius 2 is 1.88 bits per heavy atom. The largest absolute Gasteiger partial charge is 0.317 e. The van der Waals surface area contributed by atoms with E-state index in [1.165, 1.54) is 37.1 Å². The van der Waals surface area contributed by atoms with Gasteiger partial charge in [0, 0.05) is 6.54 Å². The zero-order chi connectivity index (χ0) is 11.2. The van der Waals surface area contributed by atoms with Crippen LogP contribution < -0.4 is 10.6 Å². The molecule has 1 aliphatic heterocycles. The number of hydrogen-bond donors (Lipinski definition) is 2. The molecule has 1 aromatic carbocycles. The van der Waals surface area contributed by atoms with Gasteiger partial charge in [-0.15, -0.1) is 0 Å². The highest BCUT2D eigenvalue weighted by molar-refractivity contribution is 5.21. The Balaban J connectivity index is 1.69. The second-order valence-corrected chi connectivity index (χ2v) is 4.81. The maximum absolute atomic E-state index is 3.56. The number of piperidine rings is 1. The first-order valence-corrected chi connectivity index (χ1v) is 6.31. The summed E-state index contributed by atoms with van der Waals surface area (Å²) in [6, 6.07) is 8.79. The van der Waals surface area contributed by atoms with Gasteiger partial charge in [0.2, 0.25) is 0 Å². The van der Waals surface area contributed by atoms with Crippen LogP contribution in [-0.2, 0) is 6.54 Å². The maximum atomic E-state index is 3.56. The predicted octanol–water partition coefficient (Wildman–Crippen LogP) is 2.08. The standard InChI is InChI=1S/C14H22N2/c1-12-2-4-13(5-3-12)10-16-11-14-6-8-15-9-7-14/h2-5,14-16H,6-11H2,1H3. The van der Waals surface area contributed by atoms with Crippen LogP contribution in [0.1, 0.15) is 24.0 Å². The summed E-state index contributed by atoms with van der Waals surface area (Å²) in [5.41, 5.74) is 2.72. The van der Waals surface area contributed by atoms with E-state index in [0.29, 0.717) is 0 Å². The molecule has 2 nitrogen and oxygen atoms in total. The first kappa shape index (κ1) is 11.6. The molecule has 1 fully saturated rings. The molecule has 0 amide bonds. The zero-order valence-corrected chi connectivity index (χ0v) is 10.1. The average Bonchev–Trinajstić information content (AvgIpc) is 2.33. The van der Waals surface area contributed by atoms with Gasteiger partial charge >= 0.3 is 0 Å². The summed E-state index contributed by atoms with van der Waals surface area (Å²) in [5, 5.41) is 6.96.